The number of aromatic nitrogens is 3. The quantitative estimate of drug-likeness (QED) is 0.258. The van der Waals surface area contributed by atoms with Gasteiger partial charge in [-0.2, -0.15) is 5.26 Å². The molecule has 1 aromatic heterocycles. The van der Waals surface area contributed by atoms with Crippen LogP contribution in [-0.4, -0.2) is 85.4 Å². The third-order valence-electron chi connectivity index (χ3n) is 7.57. The van der Waals surface area contributed by atoms with Crippen molar-refractivity contribution in [3.05, 3.63) is 64.6 Å². The molecule has 1 aliphatic heterocycles. The van der Waals surface area contributed by atoms with Gasteiger partial charge in [-0.3, -0.25) is 9.59 Å². The molecule has 1 aliphatic carbocycles. The van der Waals surface area contributed by atoms with E-state index in [-0.39, 0.29) is 27.5 Å². The second-order valence-electron chi connectivity index (χ2n) is 10.4. The Morgan fingerprint density at radius 1 is 1.18 bits per heavy atom. The van der Waals surface area contributed by atoms with Crippen LogP contribution in [0.4, 0.5) is 18.9 Å². The smallest absolute Gasteiger partial charge is 0.303 e. The van der Waals surface area contributed by atoms with Gasteiger partial charge in [0.25, 0.3) is 5.91 Å². The maximum absolute atomic E-state index is 14.3. The Kier molecular flexibility index (Phi) is 8.91. The van der Waals surface area contributed by atoms with Crippen molar-refractivity contribution in [3.63, 3.8) is 0 Å². The van der Waals surface area contributed by atoms with Crippen molar-refractivity contribution in [3.8, 4) is 17.3 Å². The molecular formula is C28H25ClF3N5O7. The lowest BCUT2D eigenvalue weighted by molar-refractivity contribution is -0.216. The standard InChI is InChI=1S/C28H25ClF3N5O7/c1-12(39)43-26-24(36-10-19(34-35-36)14-6-17(30)23(32)18(31)7-14)25(41)22(11-38)44-27(26)28(42)37(20-2-3-21(20)40)16-5-13(9-33)4-15(29)8-16/h4-8,10,20-22,24-27,38,40-41H,2-3,11H2,1H3/t20-,21-,22?,24?,25?,26?,27?/m0/s1. The number of rotatable bonds is 7. The molecule has 5 unspecified atom stereocenters. The lowest BCUT2D eigenvalue weighted by Crippen LogP contribution is -2.64. The van der Waals surface area contributed by atoms with Gasteiger partial charge in [-0.05, 0) is 43.2 Å². The molecule has 5 rings (SSSR count). The van der Waals surface area contributed by atoms with Gasteiger partial charge in [-0.25, -0.2) is 17.9 Å². The molecule has 3 aromatic rings. The van der Waals surface area contributed by atoms with Crippen LogP contribution in [0.25, 0.3) is 11.3 Å². The molecule has 44 heavy (non-hydrogen) atoms. The van der Waals surface area contributed by atoms with Gasteiger partial charge in [0.15, 0.2) is 29.7 Å². The van der Waals surface area contributed by atoms with Crippen LogP contribution in [0.5, 0.6) is 0 Å². The van der Waals surface area contributed by atoms with Crippen LogP contribution in [-0.2, 0) is 19.1 Å². The maximum atomic E-state index is 14.3. The largest absolute Gasteiger partial charge is 0.457 e. The number of aliphatic hydroxyl groups is 3. The van der Waals surface area contributed by atoms with Gasteiger partial charge in [0.05, 0.1) is 36.6 Å². The molecule has 1 saturated carbocycles. The summed E-state index contributed by atoms with van der Waals surface area (Å²) in [4.78, 5) is 27.8. The summed E-state index contributed by atoms with van der Waals surface area (Å²) in [6.45, 7) is 0.246. The normalized spacial score (nSPS) is 26.4. The minimum Gasteiger partial charge on any atom is -0.457 e. The number of esters is 1. The second-order valence-corrected chi connectivity index (χ2v) is 10.8. The molecule has 2 heterocycles. The fourth-order valence-electron chi connectivity index (χ4n) is 5.34. The van der Waals surface area contributed by atoms with E-state index in [4.69, 9.17) is 21.1 Å². The van der Waals surface area contributed by atoms with Crippen LogP contribution >= 0.6 is 11.6 Å². The molecule has 2 fully saturated rings. The van der Waals surface area contributed by atoms with E-state index in [1.54, 1.807) is 0 Å². The van der Waals surface area contributed by atoms with Gasteiger partial charge in [-0.15, -0.1) is 5.10 Å². The molecule has 0 spiro atoms. The number of halogens is 4. The molecule has 3 N–H and O–H groups in total. The Hall–Kier alpha value is -4.07. The summed E-state index contributed by atoms with van der Waals surface area (Å²) in [5, 5.41) is 49.1. The van der Waals surface area contributed by atoms with Gasteiger partial charge in [0.1, 0.15) is 23.9 Å². The van der Waals surface area contributed by atoms with Gasteiger partial charge in [-0.1, -0.05) is 16.8 Å². The average Bonchev–Trinajstić information content (AvgIpc) is 3.46. The molecular weight excluding hydrogens is 611 g/mol. The summed E-state index contributed by atoms with van der Waals surface area (Å²) < 4.78 is 53.6. The predicted octanol–water partition coefficient (Wildman–Crippen LogP) is 2.04. The zero-order valence-electron chi connectivity index (χ0n) is 22.8. The summed E-state index contributed by atoms with van der Waals surface area (Å²) >= 11 is 6.21. The number of hydrogen-bond donors (Lipinski definition) is 3. The van der Waals surface area contributed by atoms with E-state index in [1.165, 1.54) is 23.1 Å². The molecule has 1 saturated heterocycles. The van der Waals surface area contributed by atoms with Crippen molar-refractivity contribution < 1.29 is 47.6 Å². The molecule has 232 valence electrons. The Morgan fingerprint density at radius 2 is 1.89 bits per heavy atom. The van der Waals surface area contributed by atoms with Crippen molar-refractivity contribution in [2.45, 2.75) is 62.4 Å². The number of ether oxygens (including phenoxy) is 2. The first-order valence-corrected chi connectivity index (χ1v) is 13.7. The molecule has 1 amide bonds. The summed E-state index contributed by atoms with van der Waals surface area (Å²) in [6.07, 6.45) is -5.53. The highest BCUT2D eigenvalue weighted by molar-refractivity contribution is 6.31. The van der Waals surface area contributed by atoms with Gasteiger partial charge in [0.2, 0.25) is 0 Å². The lowest BCUT2D eigenvalue weighted by atomic mass is 9.85. The molecule has 16 heteroatoms. The SMILES string of the molecule is CC(=O)OC1C(C(=O)N(c2cc(Cl)cc(C#N)c2)[C@H]2CC[C@@H]2O)OC(CO)C(O)C1n1cc(-c2cc(F)c(F)c(F)c2)nn1. The fraction of sp³-hybridized carbons (Fsp3) is 0.393. The summed E-state index contributed by atoms with van der Waals surface area (Å²) in [7, 11) is 0. The number of anilines is 1. The van der Waals surface area contributed by atoms with Crippen molar-refractivity contribution in [1.82, 2.24) is 15.0 Å². The lowest BCUT2D eigenvalue weighted by Gasteiger charge is -2.47. The van der Waals surface area contributed by atoms with E-state index in [9.17, 15) is 43.3 Å². The summed E-state index contributed by atoms with van der Waals surface area (Å²) in [6, 6.07) is 5.22. The molecule has 0 radical (unpaired) electrons. The fourth-order valence-corrected chi connectivity index (χ4v) is 5.57. The van der Waals surface area contributed by atoms with E-state index in [0.29, 0.717) is 25.0 Å². The van der Waals surface area contributed by atoms with Crippen LogP contribution in [0, 0.1) is 28.8 Å². The van der Waals surface area contributed by atoms with Crippen molar-refractivity contribution in [2.75, 3.05) is 11.5 Å². The van der Waals surface area contributed by atoms with Crippen molar-refractivity contribution in [1.29, 1.82) is 5.26 Å². The summed E-state index contributed by atoms with van der Waals surface area (Å²) in [5.41, 5.74) is -0.109. The molecule has 0 bridgehead atoms. The van der Waals surface area contributed by atoms with Crippen LogP contribution < -0.4 is 4.90 Å². The van der Waals surface area contributed by atoms with Crippen molar-refractivity contribution >= 4 is 29.2 Å². The van der Waals surface area contributed by atoms with Crippen LogP contribution in [0.3, 0.4) is 0 Å². The average molecular weight is 636 g/mol. The minimum atomic E-state index is -1.71. The van der Waals surface area contributed by atoms with Gasteiger partial charge in [0, 0.05) is 23.2 Å². The van der Waals surface area contributed by atoms with Gasteiger partial charge >= 0.3 is 5.97 Å². The molecule has 12 nitrogen and oxygen atoms in total. The minimum absolute atomic E-state index is 0.116. The first kappa shape index (κ1) is 31.4. The van der Waals surface area contributed by atoms with E-state index in [2.05, 4.69) is 10.3 Å². The van der Waals surface area contributed by atoms with Crippen molar-refractivity contribution in [2.24, 2.45) is 0 Å². The topological polar surface area (TPSA) is 171 Å². The monoisotopic (exact) mass is 635 g/mol. The zero-order valence-corrected chi connectivity index (χ0v) is 23.6. The molecule has 2 aliphatic rings. The highest BCUT2D eigenvalue weighted by atomic mass is 35.5. The van der Waals surface area contributed by atoms with Crippen LogP contribution in [0.15, 0.2) is 36.5 Å². The number of nitrogens with zero attached hydrogens (tertiary/aromatic N) is 5. The highest BCUT2D eigenvalue weighted by Gasteiger charge is 2.54. The van der Waals surface area contributed by atoms with E-state index in [1.807, 2.05) is 6.07 Å². The van der Waals surface area contributed by atoms with E-state index < -0.39 is 78.5 Å². The third-order valence-corrected chi connectivity index (χ3v) is 7.79. The van der Waals surface area contributed by atoms with E-state index >= 15 is 0 Å². The Labute approximate surface area is 252 Å². The Balaban J connectivity index is 1.58. The molecule has 2 aromatic carbocycles. The van der Waals surface area contributed by atoms with Gasteiger partial charge < -0.3 is 29.7 Å². The number of carbonyl (C=O) groups is 2. The maximum Gasteiger partial charge on any atom is 0.303 e. The van der Waals surface area contributed by atoms with Crippen LogP contribution in [0.1, 0.15) is 31.4 Å². The zero-order chi connectivity index (χ0) is 31.9. The third kappa shape index (κ3) is 5.86. The number of aliphatic hydroxyl groups excluding tert-OH is 3. The number of nitriles is 1. The number of hydrogen-bond acceptors (Lipinski definition) is 10. The second kappa shape index (κ2) is 12.5. The van der Waals surface area contributed by atoms with E-state index in [0.717, 1.165) is 17.8 Å². The number of benzene rings is 2. The Morgan fingerprint density at radius 3 is 2.45 bits per heavy atom. The molecule has 7 atom stereocenters. The summed E-state index contributed by atoms with van der Waals surface area (Å²) in [5.74, 6) is -6.40. The number of amides is 1. The highest BCUT2D eigenvalue weighted by Crippen LogP contribution is 2.38. The first-order chi connectivity index (χ1) is 20.9. The number of carbonyl (C=O) groups excluding carboxylic acids is 2. The Bertz CT molecular complexity index is 1610. The van der Waals surface area contributed by atoms with Crippen LogP contribution in [0.2, 0.25) is 5.02 Å². The predicted molar refractivity (Wildman–Crippen MR) is 144 cm³/mol. The first-order valence-electron chi connectivity index (χ1n) is 13.3.